The maximum absolute atomic E-state index is 13.1. The van der Waals surface area contributed by atoms with E-state index >= 15 is 0 Å². The monoisotopic (exact) mass is 366 g/mol. The highest BCUT2D eigenvalue weighted by Gasteiger charge is 2.33. The van der Waals surface area contributed by atoms with E-state index in [0.29, 0.717) is 17.9 Å². The van der Waals surface area contributed by atoms with Crippen LogP contribution in [-0.2, 0) is 0 Å². The summed E-state index contributed by atoms with van der Waals surface area (Å²) in [4.78, 5) is 16.0. The molecule has 0 N–H and O–H groups in total. The lowest BCUT2D eigenvalue weighted by Crippen LogP contribution is -2.51. The Kier molecular flexibility index (Phi) is 5.36. The standard InChI is InChI=1S/C19H21F3N2O2/c1-2-26-16-8-7-14-5-3-4-6-15(14)17(16)18(25)24-11-9-23(10-12-24)13-19(20,21)22/h3-8H,2,9-13H2,1H3. The number of ether oxygens (including phenoxy) is 1. The Bertz CT molecular complexity index is 784. The van der Waals surface area contributed by atoms with Gasteiger partial charge in [0.15, 0.2) is 0 Å². The number of nitrogens with zero attached hydrogens (tertiary/aromatic N) is 2. The number of fused-ring (bicyclic) bond motifs is 1. The lowest BCUT2D eigenvalue weighted by atomic mass is 10.0. The van der Waals surface area contributed by atoms with Crippen LogP contribution in [0.25, 0.3) is 10.8 Å². The summed E-state index contributed by atoms with van der Waals surface area (Å²) >= 11 is 0. The van der Waals surface area contributed by atoms with E-state index in [1.54, 1.807) is 11.0 Å². The topological polar surface area (TPSA) is 32.8 Å². The molecule has 0 unspecified atom stereocenters. The molecule has 0 aliphatic carbocycles. The van der Waals surface area contributed by atoms with E-state index in [-0.39, 0.29) is 32.1 Å². The van der Waals surface area contributed by atoms with E-state index in [1.807, 2.05) is 37.3 Å². The minimum absolute atomic E-state index is 0.197. The number of carbonyl (C=O) groups is 1. The molecule has 1 amide bonds. The van der Waals surface area contributed by atoms with Gasteiger partial charge in [0.2, 0.25) is 0 Å². The molecule has 1 aliphatic rings. The molecule has 0 radical (unpaired) electrons. The van der Waals surface area contributed by atoms with Gasteiger partial charge in [0.25, 0.3) is 5.91 Å². The van der Waals surface area contributed by atoms with Crippen molar-refractivity contribution in [1.29, 1.82) is 0 Å². The first-order chi connectivity index (χ1) is 12.4. The quantitative estimate of drug-likeness (QED) is 0.830. The van der Waals surface area contributed by atoms with Gasteiger partial charge in [-0.15, -0.1) is 0 Å². The molecule has 1 saturated heterocycles. The summed E-state index contributed by atoms with van der Waals surface area (Å²) in [6.45, 7) is 2.29. The van der Waals surface area contributed by atoms with Crippen molar-refractivity contribution in [2.24, 2.45) is 0 Å². The molecule has 0 saturated carbocycles. The largest absolute Gasteiger partial charge is 0.493 e. The van der Waals surface area contributed by atoms with E-state index in [0.717, 1.165) is 10.8 Å². The van der Waals surface area contributed by atoms with Crippen LogP contribution in [0.5, 0.6) is 5.75 Å². The Hall–Kier alpha value is -2.28. The number of alkyl halides is 3. The highest BCUT2D eigenvalue weighted by atomic mass is 19.4. The number of halogens is 3. The molecule has 1 fully saturated rings. The summed E-state index contributed by atoms with van der Waals surface area (Å²) in [6, 6.07) is 11.2. The molecule has 0 aromatic heterocycles. The summed E-state index contributed by atoms with van der Waals surface area (Å²) in [5, 5.41) is 1.72. The van der Waals surface area contributed by atoms with Gasteiger partial charge >= 0.3 is 6.18 Å². The van der Waals surface area contributed by atoms with E-state index in [4.69, 9.17) is 4.74 Å². The third-order valence-electron chi connectivity index (χ3n) is 4.47. The van der Waals surface area contributed by atoms with Crippen LogP contribution < -0.4 is 4.74 Å². The van der Waals surface area contributed by atoms with Gasteiger partial charge in [0.05, 0.1) is 18.7 Å². The zero-order valence-electron chi connectivity index (χ0n) is 14.6. The van der Waals surface area contributed by atoms with Gasteiger partial charge in [0.1, 0.15) is 5.75 Å². The zero-order valence-corrected chi connectivity index (χ0v) is 14.6. The molecule has 0 spiro atoms. The van der Waals surface area contributed by atoms with E-state index in [1.165, 1.54) is 4.90 Å². The fourth-order valence-corrected chi connectivity index (χ4v) is 3.27. The van der Waals surface area contributed by atoms with Gasteiger partial charge in [-0.3, -0.25) is 9.69 Å². The molecule has 1 aliphatic heterocycles. The number of benzene rings is 2. The predicted octanol–water partition coefficient (Wildman–Crippen LogP) is 3.56. The van der Waals surface area contributed by atoms with Crippen LogP contribution in [0.15, 0.2) is 36.4 Å². The molecule has 0 bridgehead atoms. The molecule has 2 aromatic carbocycles. The Balaban J connectivity index is 1.83. The van der Waals surface area contributed by atoms with Gasteiger partial charge in [-0.2, -0.15) is 13.2 Å². The number of hydrogen-bond donors (Lipinski definition) is 0. The van der Waals surface area contributed by atoms with E-state index < -0.39 is 12.7 Å². The molecular weight excluding hydrogens is 345 g/mol. The first kappa shape index (κ1) is 18.5. The fraction of sp³-hybridized carbons (Fsp3) is 0.421. The van der Waals surface area contributed by atoms with E-state index in [9.17, 15) is 18.0 Å². The normalized spacial score (nSPS) is 16.1. The van der Waals surface area contributed by atoms with Crippen molar-refractivity contribution in [2.75, 3.05) is 39.3 Å². The fourth-order valence-electron chi connectivity index (χ4n) is 3.27. The average Bonchev–Trinajstić information content (AvgIpc) is 2.60. The molecule has 1 heterocycles. The SMILES string of the molecule is CCOc1ccc2ccccc2c1C(=O)N1CCN(CC(F)(F)F)CC1. The summed E-state index contributed by atoms with van der Waals surface area (Å²) in [5.74, 6) is 0.311. The Morgan fingerprint density at radius 3 is 2.42 bits per heavy atom. The Morgan fingerprint density at radius 1 is 1.08 bits per heavy atom. The van der Waals surface area contributed by atoms with Gasteiger partial charge in [-0.25, -0.2) is 0 Å². The van der Waals surface area contributed by atoms with Crippen LogP contribution in [0.1, 0.15) is 17.3 Å². The minimum Gasteiger partial charge on any atom is -0.493 e. The van der Waals surface area contributed by atoms with Crippen molar-refractivity contribution in [3.8, 4) is 5.75 Å². The number of piperazine rings is 1. The maximum Gasteiger partial charge on any atom is 0.401 e. The van der Waals surface area contributed by atoms with Crippen molar-refractivity contribution < 1.29 is 22.7 Å². The summed E-state index contributed by atoms with van der Waals surface area (Å²) < 4.78 is 43.2. The van der Waals surface area contributed by atoms with Crippen LogP contribution in [0, 0.1) is 0 Å². The highest BCUT2D eigenvalue weighted by Crippen LogP contribution is 2.30. The molecule has 2 aromatic rings. The molecule has 4 nitrogen and oxygen atoms in total. The first-order valence-electron chi connectivity index (χ1n) is 8.62. The average molecular weight is 366 g/mol. The van der Waals surface area contributed by atoms with Crippen molar-refractivity contribution in [2.45, 2.75) is 13.1 Å². The zero-order chi connectivity index (χ0) is 18.7. The van der Waals surface area contributed by atoms with Gasteiger partial charge in [-0.05, 0) is 23.8 Å². The summed E-state index contributed by atoms with van der Waals surface area (Å²) in [7, 11) is 0. The Labute approximate surface area is 150 Å². The maximum atomic E-state index is 13.1. The number of rotatable bonds is 4. The lowest BCUT2D eigenvalue weighted by Gasteiger charge is -2.35. The smallest absolute Gasteiger partial charge is 0.401 e. The number of hydrogen-bond acceptors (Lipinski definition) is 3. The summed E-state index contributed by atoms with van der Waals surface area (Å²) in [6.07, 6.45) is -4.22. The third-order valence-corrected chi connectivity index (χ3v) is 4.47. The number of carbonyl (C=O) groups excluding carboxylic acids is 1. The van der Waals surface area contributed by atoms with Crippen LogP contribution >= 0.6 is 0 Å². The summed E-state index contributed by atoms with van der Waals surface area (Å²) in [5.41, 5.74) is 0.481. The second-order valence-electron chi connectivity index (χ2n) is 6.28. The van der Waals surface area contributed by atoms with Gasteiger partial charge < -0.3 is 9.64 Å². The van der Waals surface area contributed by atoms with Crippen molar-refractivity contribution in [3.63, 3.8) is 0 Å². The molecule has 7 heteroatoms. The minimum atomic E-state index is -4.22. The first-order valence-corrected chi connectivity index (χ1v) is 8.62. The molecule has 3 rings (SSSR count). The molecular formula is C19H21F3N2O2. The van der Waals surface area contributed by atoms with Crippen LogP contribution in [-0.4, -0.2) is 61.2 Å². The molecule has 26 heavy (non-hydrogen) atoms. The second kappa shape index (κ2) is 7.53. The van der Waals surface area contributed by atoms with Crippen LogP contribution in [0.3, 0.4) is 0 Å². The van der Waals surface area contributed by atoms with Crippen LogP contribution in [0.2, 0.25) is 0 Å². The van der Waals surface area contributed by atoms with Crippen LogP contribution in [0.4, 0.5) is 13.2 Å². The van der Waals surface area contributed by atoms with Gasteiger partial charge in [-0.1, -0.05) is 30.3 Å². The Morgan fingerprint density at radius 2 is 1.77 bits per heavy atom. The molecule has 0 atom stereocenters. The number of amides is 1. The second-order valence-corrected chi connectivity index (χ2v) is 6.28. The predicted molar refractivity (Wildman–Crippen MR) is 93.5 cm³/mol. The lowest BCUT2D eigenvalue weighted by molar-refractivity contribution is -0.148. The highest BCUT2D eigenvalue weighted by molar-refractivity contribution is 6.09. The third kappa shape index (κ3) is 4.09. The van der Waals surface area contributed by atoms with Crippen molar-refractivity contribution in [3.05, 3.63) is 42.0 Å². The van der Waals surface area contributed by atoms with Gasteiger partial charge in [0, 0.05) is 26.2 Å². The van der Waals surface area contributed by atoms with Crippen molar-refractivity contribution >= 4 is 16.7 Å². The molecule has 140 valence electrons. The van der Waals surface area contributed by atoms with E-state index in [2.05, 4.69) is 0 Å². The van der Waals surface area contributed by atoms with Crippen molar-refractivity contribution in [1.82, 2.24) is 9.80 Å².